The Morgan fingerprint density at radius 3 is 2.25 bits per heavy atom. The number of nitrogens with zero attached hydrogens (tertiary/aromatic N) is 1. The summed E-state index contributed by atoms with van der Waals surface area (Å²) in [7, 11) is 1.47. The normalized spacial score (nSPS) is 26.8. The van der Waals surface area contributed by atoms with Crippen molar-refractivity contribution in [3.8, 4) is 0 Å². The lowest BCUT2D eigenvalue weighted by Gasteiger charge is -2.45. The fourth-order valence-electron chi connectivity index (χ4n) is 3.42. The molecule has 0 aliphatic carbocycles. The van der Waals surface area contributed by atoms with Crippen LogP contribution in [0.15, 0.2) is 30.3 Å². The Balaban J connectivity index is 2.39. The summed E-state index contributed by atoms with van der Waals surface area (Å²) < 4.78 is 5.11. The van der Waals surface area contributed by atoms with E-state index < -0.39 is 5.54 Å². The summed E-state index contributed by atoms with van der Waals surface area (Å²) in [6.07, 6.45) is 1.22. The van der Waals surface area contributed by atoms with Crippen LogP contribution in [0.2, 0.25) is 0 Å². The van der Waals surface area contributed by atoms with E-state index in [1.807, 2.05) is 37.3 Å². The number of methoxy groups -OCH3 is 1. The topological polar surface area (TPSA) is 29.5 Å². The van der Waals surface area contributed by atoms with E-state index in [-0.39, 0.29) is 5.97 Å². The zero-order valence-corrected chi connectivity index (χ0v) is 12.9. The Morgan fingerprint density at radius 2 is 1.75 bits per heavy atom. The quantitative estimate of drug-likeness (QED) is 0.794. The van der Waals surface area contributed by atoms with Crippen molar-refractivity contribution in [3.05, 3.63) is 35.9 Å². The summed E-state index contributed by atoms with van der Waals surface area (Å²) >= 11 is 0. The van der Waals surface area contributed by atoms with Crippen LogP contribution in [0.3, 0.4) is 0 Å². The van der Waals surface area contributed by atoms with Gasteiger partial charge in [-0.2, -0.15) is 0 Å². The molecule has 0 spiro atoms. The van der Waals surface area contributed by atoms with Gasteiger partial charge in [0.1, 0.15) is 5.54 Å². The second-order valence-corrected chi connectivity index (χ2v) is 6.28. The zero-order chi connectivity index (χ0) is 14.8. The highest BCUT2D eigenvalue weighted by molar-refractivity contribution is 5.82. The van der Waals surface area contributed by atoms with Gasteiger partial charge < -0.3 is 4.74 Å². The maximum atomic E-state index is 12.5. The molecule has 3 heteroatoms. The van der Waals surface area contributed by atoms with E-state index in [0.717, 1.165) is 18.7 Å². The molecule has 0 saturated carbocycles. The van der Waals surface area contributed by atoms with Gasteiger partial charge in [-0.3, -0.25) is 4.90 Å². The van der Waals surface area contributed by atoms with Crippen LogP contribution in [0.25, 0.3) is 0 Å². The van der Waals surface area contributed by atoms with Gasteiger partial charge in [-0.25, -0.2) is 4.79 Å². The average Bonchev–Trinajstić information content (AvgIpc) is 2.45. The summed E-state index contributed by atoms with van der Waals surface area (Å²) in [5, 5.41) is 0. The fourth-order valence-corrected chi connectivity index (χ4v) is 3.42. The third-order valence-corrected chi connectivity index (χ3v) is 4.42. The number of esters is 1. The van der Waals surface area contributed by atoms with Gasteiger partial charge >= 0.3 is 5.97 Å². The van der Waals surface area contributed by atoms with Gasteiger partial charge in [0.15, 0.2) is 0 Å². The first kappa shape index (κ1) is 15.0. The number of ether oxygens (including phenoxy) is 1. The van der Waals surface area contributed by atoms with E-state index in [0.29, 0.717) is 11.8 Å². The number of carbonyl (C=O) groups is 1. The number of hydrogen-bond donors (Lipinski definition) is 0. The molecule has 0 amide bonds. The minimum Gasteiger partial charge on any atom is -0.467 e. The minimum absolute atomic E-state index is 0.176. The molecule has 110 valence electrons. The van der Waals surface area contributed by atoms with E-state index in [1.165, 1.54) is 13.5 Å². The minimum atomic E-state index is -0.695. The zero-order valence-electron chi connectivity index (χ0n) is 12.9. The Morgan fingerprint density at radius 1 is 1.20 bits per heavy atom. The van der Waals surface area contributed by atoms with Crippen LogP contribution in [0.1, 0.15) is 32.8 Å². The van der Waals surface area contributed by atoms with Crippen LogP contribution in [0, 0.1) is 11.8 Å². The molecular weight excluding hydrogens is 250 g/mol. The van der Waals surface area contributed by atoms with Crippen molar-refractivity contribution < 1.29 is 9.53 Å². The summed E-state index contributed by atoms with van der Waals surface area (Å²) in [6.45, 7) is 8.37. The molecule has 0 bridgehead atoms. The molecule has 1 heterocycles. The highest BCUT2D eigenvalue weighted by atomic mass is 16.5. The lowest BCUT2D eigenvalue weighted by Crippen LogP contribution is -2.55. The molecule has 0 unspecified atom stereocenters. The van der Waals surface area contributed by atoms with Gasteiger partial charge in [0.2, 0.25) is 0 Å². The summed E-state index contributed by atoms with van der Waals surface area (Å²) in [5.74, 6) is 1.03. The summed E-state index contributed by atoms with van der Waals surface area (Å²) in [6, 6.07) is 9.96. The molecule has 20 heavy (non-hydrogen) atoms. The van der Waals surface area contributed by atoms with Crippen LogP contribution >= 0.6 is 0 Å². The van der Waals surface area contributed by atoms with Crippen molar-refractivity contribution in [2.75, 3.05) is 20.2 Å². The second kappa shape index (κ2) is 5.96. The highest BCUT2D eigenvalue weighted by Crippen LogP contribution is 2.35. The first-order valence-electron chi connectivity index (χ1n) is 7.37. The van der Waals surface area contributed by atoms with Crippen LogP contribution in [-0.4, -0.2) is 31.1 Å². The molecule has 1 aliphatic heterocycles. The lowest BCUT2D eigenvalue weighted by atomic mass is 9.83. The Kier molecular flexibility index (Phi) is 4.48. The number of piperidine rings is 1. The molecule has 1 fully saturated rings. The van der Waals surface area contributed by atoms with Crippen molar-refractivity contribution in [3.63, 3.8) is 0 Å². The fraction of sp³-hybridized carbons (Fsp3) is 0.588. The van der Waals surface area contributed by atoms with Crippen molar-refractivity contribution in [2.45, 2.75) is 32.7 Å². The van der Waals surface area contributed by atoms with Gasteiger partial charge in [-0.05, 0) is 30.7 Å². The first-order chi connectivity index (χ1) is 9.48. The highest BCUT2D eigenvalue weighted by Gasteiger charge is 2.44. The van der Waals surface area contributed by atoms with Crippen LogP contribution in [0.5, 0.6) is 0 Å². The summed E-state index contributed by atoms with van der Waals surface area (Å²) in [4.78, 5) is 14.8. The average molecular weight is 275 g/mol. The van der Waals surface area contributed by atoms with E-state index in [2.05, 4.69) is 18.7 Å². The maximum Gasteiger partial charge on any atom is 0.330 e. The molecule has 1 aliphatic rings. The second-order valence-electron chi connectivity index (χ2n) is 6.28. The Hall–Kier alpha value is -1.35. The number of benzene rings is 1. The molecule has 0 N–H and O–H groups in total. The number of carbonyl (C=O) groups excluding carboxylic acids is 1. The monoisotopic (exact) mass is 275 g/mol. The van der Waals surface area contributed by atoms with Crippen LogP contribution in [-0.2, 0) is 15.1 Å². The van der Waals surface area contributed by atoms with Crippen molar-refractivity contribution >= 4 is 5.97 Å². The van der Waals surface area contributed by atoms with E-state index >= 15 is 0 Å². The SMILES string of the molecule is COC(=O)[C@](C)(c1ccccc1)N1C[C@@H](C)C[C@H](C)C1. The van der Waals surface area contributed by atoms with E-state index in [9.17, 15) is 4.79 Å². The molecule has 1 saturated heterocycles. The van der Waals surface area contributed by atoms with Gasteiger partial charge in [0, 0.05) is 13.1 Å². The maximum absolute atomic E-state index is 12.5. The predicted octanol–water partition coefficient (Wildman–Crippen LogP) is 3.05. The molecule has 0 aromatic heterocycles. The molecule has 3 nitrogen and oxygen atoms in total. The Labute approximate surface area is 121 Å². The Bertz CT molecular complexity index is 449. The first-order valence-corrected chi connectivity index (χ1v) is 7.37. The van der Waals surface area contributed by atoms with Crippen LogP contribution < -0.4 is 0 Å². The smallest absolute Gasteiger partial charge is 0.330 e. The van der Waals surface area contributed by atoms with Crippen molar-refractivity contribution in [1.82, 2.24) is 4.90 Å². The summed E-state index contributed by atoms with van der Waals surface area (Å²) in [5.41, 5.74) is 0.312. The molecule has 1 aromatic rings. The van der Waals surface area contributed by atoms with Gasteiger partial charge in [-0.1, -0.05) is 44.2 Å². The van der Waals surface area contributed by atoms with E-state index in [1.54, 1.807) is 0 Å². The van der Waals surface area contributed by atoms with Crippen molar-refractivity contribution in [2.24, 2.45) is 11.8 Å². The van der Waals surface area contributed by atoms with Gasteiger partial charge in [-0.15, -0.1) is 0 Å². The van der Waals surface area contributed by atoms with E-state index in [4.69, 9.17) is 4.74 Å². The largest absolute Gasteiger partial charge is 0.467 e. The van der Waals surface area contributed by atoms with Gasteiger partial charge in [0.25, 0.3) is 0 Å². The molecular formula is C17H25NO2. The predicted molar refractivity (Wildman–Crippen MR) is 80.3 cm³/mol. The molecule has 2 rings (SSSR count). The number of likely N-dealkylation sites (tertiary alicyclic amines) is 1. The third kappa shape index (κ3) is 2.73. The molecule has 0 radical (unpaired) electrons. The van der Waals surface area contributed by atoms with Crippen molar-refractivity contribution in [1.29, 1.82) is 0 Å². The third-order valence-electron chi connectivity index (χ3n) is 4.42. The molecule has 3 atom stereocenters. The standard InChI is InChI=1S/C17H25NO2/c1-13-10-14(2)12-18(11-13)17(3,16(19)20-4)15-8-6-5-7-9-15/h5-9,13-14H,10-12H2,1-4H3/t13-,14-,17-/m0/s1. The molecule has 1 aromatic carbocycles. The van der Waals surface area contributed by atoms with Gasteiger partial charge in [0.05, 0.1) is 7.11 Å². The number of rotatable bonds is 3. The number of hydrogen-bond acceptors (Lipinski definition) is 3. The lowest BCUT2D eigenvalue weighted by molar-refractivity contribution is -0.157. The van der Waals surface area contributed by atoms with Crippen LogP contribution in [0.4, 0.5) is 0 Å².